The summed E-state index contributed by atoms with van der Waals surface area (Å²) in [4.78, 5) is 13.7. The Labute approximate surface area is 179 Å². The van der Waals surface area contributed by atoms with Crippen molar-refractivity contribution in [3.05, 3.63) is 40.9 Å². The van der Waals surface area contributed by atoms with Crippen LogP contribution in [0.15, 0.2) is 34.5 Å². The SMILES string of the molecule is Cc1csc(Nc2nc3c(c(Nc4ccccc4S(=O)(=O)NC(C)C)n2)CCN3)n1. The van der Waals surface area contributed by atoms with Crippen molar-refractivity contribution in [3.63, 3.8) is 0 Å². The normalized spacial score (nSPS) is 13.2. The minimum Gasteiger partial charge on any atom is -0.369 e. The summed E-state index contributed by atoms with van der Waals surface area (Å²) in [6.45, 7) is 6.24. The molecule has 1 aliphatic heterocycles. The molecule has 30 heavy (non-hydrogen) atoms. The number of anilines is 5. The number of nitrogens with zero attached hydrogens (tertiary/aromatic N) is 3. The standard InChI is InChI=1S/C19H23N7O2S2/c1-11(2)26-30(27,28)15-7-5-4-6-14(15)22-17-13-8-9-20-16(13)23-18(24-17)25-19-21-12(3)10-29-19/h4-7,10-11,26H,8-9H2,1-3H3,(H3,20,21,22,23,24,25). The molecule has 11 heteroatoms. The van der Waals surface area contributed by atoms with Crippen molar-refractivity contribution in [1.29, 1.82) is 0 Å². The minimum absolute atomic E-state index is 0.169. The summed E-state index contributed by atoms with van der Waals surface area (Å²) in [6.07, 6.45) is 0.744. The summed E-state index contributed by atoms with van der Waals surface area (Å²) in [7, 11) is -3.68. The Morgan fingerprint density at radius 2 is 1.93 bits per heavy atom. The number of nitrogens with one attached hydrogen (secondary N) is 4. The van der Waals surface area contributed by atoms with Crippen LogP contribution in [0.4, 0.5) is 28.4 Å². The van der Waals surface area contributed by atoms with Crippen LogP contribution in [0.5, 0.6) is 0 Å². The van der Waals surface area contributed by atoms with E-state index in [1.165, 1.54) is 11.3 Å². The monoisotopic (exact) mass is 445 g/mol. The molecule has 3 heterocycles. The van der Waals surface area contributed by atoms with Crippen LogP contribution >= 0.6 is 11.3 Å². The molecular formula is C19H23N7O2S2. The van der Waals surface area contributed by atoms with E-state index in [0.29, 0.717) is 22.6 Å². The molecule has 3 aromatic rings. The summed E-state index contributed by atoms with van der Waals surface area (Å²) in [5.74, 6) is 1.68. The minimum atomic E-state index is -3.68. The van der Waals surface area contributed by atoms with Gasteiger partial charge in [-0.3, -0.25) is 5.32 Å². The Morgan fingerprint density at radius 3 is 2.67 bits per heavy atom. The van der Waals surface area contributed by atoms with E-state index in [1.54, 1.807) is 38.1 Å². The fourth-order valence-corrected chi connectivity index (χ4v) is 5.24. The highest BCUT2D eigenvalue weighted by Gasteiger charge is 2.23. The third kappa shape index (κ3) is 4.37. The summed E-state index contributed by atoms with van der Waals surface area (Å²) in [5, 5.41) is 12.2. The van der Waals surface area contributed by atoms with Gasteiger partial charge in [-0.25, -0.2) is 18.1 Å². The Kier molecular flexibility index (Phi) is 5.58. The molecule has 0 saturated heterocycles. The van der Waals surface area contributed by atoms with Crippen LogP contribution in [0, 0.1) is 6.92 Å². The molecule has 0 amide bonds. The third-order valence-corrected chi connectivity index (χ3v) is 6.93. The van der Waals surface area contributed by atoms with Crippen LogP contribution in [0.3, 0.4) is 0 Å². The third-order valence-electron chi connectivity index (χ3n) is 4.33. The van der Waals surface area contributed by atoms with Gasteiger partial charge in [-0.2, -0.15) is 9.97 Å². The lowest BCUT2D eigenvalue weighted by Gasteiger charge is -2.16. The second-order valence-electron chi connectivity index (χ2n) is 7.22. The Balaban J connectivity index is 1.70. The van der Waals surface area contributed by atoms with Crippen molar-refractivity contribution in [2.24, 2.45) is 0 Å². The number of para-hydroxylation sites is 1. The fraction of sp³-hybridized carbons (Fsp3) is 0.316. The number of benzene rings is 1. The van der Waals surface area contributed by atoms with E-state index in [9.17, 15) is 8.42 Å². The lowest BCUT2D eigenvalue weighted by molar-refractivity contribution is 0.570. The molecule has 0 spiro atoms. The molecule has 9 nitrogen and oxygen atoms in total. The molecule has 1 aliphatic rings. The molecule has 0 unspecified atom stereocenters. The highest BCUT2D eigenvalue weighted by molar-refractivity contribution is 7.89. The van der Waals surface area contributed by atoms with E-state index in [1.807, 2.05) is 12.3 Å². The molecule has 0 atom stereocenters. The van der Waals surface area contributed by atoms with Gasteiger partial charge in [0, 0.05) is 23.5 Å². The van der Waals surface area contributed by atoms with Crippen LogP contribution in [-0.2, 0) is 16.4 Å². The number of aromatic nitrogens is 3. The van der Waals surface area contributed by atoms with Gasteiger partial charge in [-0.15, -0.1) is 11.3 Å². The van der Waals surface area contributed by atoms with Crippen molar-refractivity contribution in [3.8, 4) is 0 Å². The first-order chi connectivity index (χ1) is 14.3. The number of hydrogen-bond acceptors (Lipinski definition) is 9. The molecule has 0 bridgehead atoms. The molecule has 2 aromatic heterocycles. The van der Waals surface area contributed by atoms with Crippen molar-refractivity contribution < 1.29 is 8.42 Å². The quantitative estimate of drug-likeness (QED) is 0.437. The van der Waals surface area contributed by atoms with Crippen LogP contribution in [-0.4, -0.2) is 36.0 Å². The van der Waals surface area contributed by atoms with Crippen LogP contribution in [0.2, 0.25) is 0 Å². The zero-order valence-electron chi connectivity index (χ0n) is 16.9. The second kappa shape index (κ2) is 8.17. The number of thiazole rings is 1. The summed E-state index contributed by atoms with van der Waals surface area (Å²) in [6, 6.07) is 6.57. The van der Waals surface area contributed by atoms with E-state index < -0.39 is 10.0 Å². The van der Waals surface area contributed by atoms with Gasteiger partial charge in [-0.05, 0) is 39.3 Å². The largest absolute Gasteiger partial charge is 0.369 e. The number of sulfonamides is 1. The van der Waals surface area contributed by atoms with E-state index in [2.05, 4.69) is 35.6 Å². The molecule has 0 aliphatic carbocycles. The average Bonchev–Trinajstić information content (AvgIpc) is 3.30. The van der Waals surface area contributed by atoms with Gasteiger partial charge in [0.15, 0.2) is 5.13 Å². The van der Waals surface area contributed by atoms with E-state index in [0.717, 1.165) is 30.0 Å². The van der Waals surface area contributed by atoms with E-state index in [-0.39, 0.29) is 10.9 Å². The van der Waals surface area contributed by atoms with Gasteiger partial charge in [0.05, 0.1) is 11.4 Å². The van der Waals surface area contributed by atoms with Gasteiger partial charge >= 0.3 is 0 Å². The highest BCUT2D eigenvalue weighted by Crippen LogP contribution is 2.33. The molecule has 158 valence electrons. The van der Waals surface area contributed by atoms with Gasteiger partial charge in [0.1, 0.15) is 16.5 Å². The van der Waals surface area contributed by atoms with Crippen LogP contribution < -0.4 is 20.7 Å². The molecule has 4 rings (SSSR count). The maximum absolute atomic E-state index is 12.8. The average molecular weight is 446 g/mol. The predicted octanol–water partition coefficient (Wildman–Crippen LogP) is 3.38. The number of hydrogen-bond donors (Lipinski definition) is 4. The maximum atomic E-state index is 12.8. The second-order valence-corrected chi connectivity index (χ2v) is 9.76. The first-order valence-corrected chi connectivity index (χ1v) is 11.9. The Morgan fingerprint density at radius 1 is 1.13 bits per heavy atom. The zero-order valence-corrected chi connectivity index (χ0v) is 18.5. The van der Waals surface area contributed by atoms with Gasteiger partial charge in [0.25, 0.3) is 0 Å². The van der Waals surface area contributed by atoms with Crippen molar-refractivity contribution in [2.75, 3.05) is 22.5 Å². The van der Waals surface area contributed by atoms with Gasteiger partial charge in [-0.1, -0.05) is 12.1 Å². The molecular weight excluding hydrogens is 422 g/mol. The molecule has 0 saturated carbocycles. The lowest BCUT2D eigenvalue weighted by Crippen LogP contribution is -2.30. The zero-order chi connectivity index (χ0) is 21.3. The van der Waals surface area contributed by atoms with Crippen molar-refractivity contribution >= 4 is 49.8 Å². The molecule has 4 N–H and O–H groups in total. The topological polar surface area (TPSA) is 121 Å². The first-order valence-electron chi connectivity index (χ1n) is 9.54. The number of aryl methyl sites for hydroxylation is 1. The fourth-order valence-electron chi connectivity index (χ4n) is 3.14. The highest BCUT2D eigenvalue weighted by atomic mass is 32.2. The first kappa shape index (κ1) is 20.5. The summed E-state index contributed by atoms with van der Waals surface area (Å²) in [5.41, 5.74) is 2.28. The van der Waals surface area contributed by atoms with Crippen molar-refractivity contribution in [1.82, 2.24) is 19.7 Å². The summed E-state index contributed by atoms with van der Waals surface area (Å²) >= 11 is 1.47. The molecule has 0 radical (unpaired) electrons. The van der Waals surface area contributed by atoms with Gasteiger partial charge in [0.2, 0.25) is 16.0 Å². The van der Waals surface area contributed by atoms with Crippen LogP contribution in [0.1, 0.15) is 25.1 Å². The van der Waals surface area contributed by atoms with Crippen molar-refractivity contribution in [2.45, 2.75) is 38.1 Å². The molecule has 0 fully saturated rings. The number of fused-ring (bicyclic) bond motifs is 1. The van der Waals surface area contributed by atoms with E-state index >= 15 is 0 Å². The maximum Gasteiger partial charge on any atom is 0.242 e. The van der Waals surface area contributed by atoms with E-state index in [4.69, 9.17) is 0 Å². The number of rotatable bonds is 7. The van der Waals surface area contributed by atoms with Crippen LogP contribution in [0.25, 0.3) is 0 Å². The Bertz CT molecular complexity index is 1180. The smallest absolute Gasteiger partial charge is 0.242 e. The van der Waals surface area contributed by atoms with Gasteiger partial charge < -0.3 is 10.6 Å². The summed E-state index contributed by atoms with van der Waals surface area (Å²) < 4.78 is 28.2. The lowest BCUT2D eigenvalue weighted by atomic mass is 10.2. The molecule has 1 aromatic carbocycles. The predicted molar refractivity (Wildman–Crippen MR) is 120 cm³/mol. The Hall–Kier alpha value is -2.76.